The number of sulfonamides is 1. The van der Waals surface area contributed by atoms with Gasteiger partial charge in [-0.1, -0.05) is 26.0 Å². The predicted octanol–water partition coefficient (Wildman–Crippen LogP) is 2.42. The van der Waals surface area contributed by atoms with Crippen molar-refractivity contribution in [1.82, 2.24) is 4.31 Å². The second-order valence-corrected chi connectivity index (χ2v) is 8.21. The molecule has 6 heteroatoms. The fourth-order valence-corrected chi connectivity index (χ4v) is 3.59. The summed E-state index contributed by atoms with van der Waals surface area (Å²) in [6, 6.07) is 7.79. The Morgan fingerprint density at radius 1 is 1.36 bits per heavy atom. The largest absolute Gasteiger partial charge is 0.326 e. The topological polar surface area (TPSA) is 66.5 Å². The first kappa shape index (κ1) is 17.0. The Morgan fingerprint density at radius 2 is 2.09 bits per heavy atom. The smallest absolute Gasteiger partial charge is 0.228 e. The molecule has 0 radical (unpaired) electrons. The van der Waals surface area contributed by atoms with E-state index in [-0.39, 0.29) is 18.4 Å². The number of rotatable bonds is 4. The maximum Gasteiger partial charge on any atom is 0.228 e. The van der Waals surface area contributed by atoms with Crippen molar-refractivity contribution in [3.63, 3.8) is 0 Å². The Morgan fingerprint density at radius 3 is 2.73 bits per heavy atom. The average Bonchev–Trinajstić information content (AvgIpc) is 2.46. The summed E-state index contributed by atoms with van der Waals surface area (Å²) in [5.41, 5.74) is 1.94. The Bertz CT molecular complexity index is 641. The Kier molecular flexibility index (Phi) is 5.24. The SMILES string of the molecule is CC(C)c1cccc(NC(=O)C2CCCN(S(C)(=O)=O)C2)c1. The molecule has 0 spiro atoms. The molecule has 1 amide bonds. The van der Waals surface area contributed by atoms with Crippen molar-refractivity contribution in [2.75, 3.05) is 24.7 Å². The molecule has 1 atom stereocenters. The molecule has 1 aromatic rings. The number of nitrogens with zero attached hydrogens (tertiary/aromatic N) is 1. The second-order valence-electron chi connectivity index (χ2n) is 6.23. The van der Waals surface area contributed by atoms with Crippen LogP contribution in [0.3, 0.4) is 0 Å². The van der Waals surface area contributed by atoms with Gasteiger partial charge >= 0.3 is 0 Å². The van der Waals surface area contributed by atoms with Crippen LogP contribution in [0.1, 0.15) is 38.2 Å². The van der Waals surface area contributed by atoms with Crippen LogP contribution in [-0.2, 0) is 14.8 Å². The van der Waals surface area contributed by atoms with Crippen molar-refractivity contribution in [2.24, 2.45) is 5.92 Å². The summed E-state index contributed by atoms with van der Waals surface area (Å²) in [7, 11) is -3.23. The zero-order valence-corrected chi connectivity index (χ0v) is 14.2. The number of amides is 1. The number of carbonyl (C=O) groups is 1. The Balaban J connectivity index is 2.04. The summed E-state index contributed by atoms with van der Waals surface area (Å²) in [5.74, 6) is 0.00713. The standard InChI is InChI=1S/C16H24N2O3S/c1-12(2)13-6-4-8-15(10-13)17-16(19)14-7-5-9-18(11-14)22(3,20)21/h4,6,8,10,12,14H,5,7,9,11H2,1-3H3,(H,17,19). The molecule has 1 fully saturated rings. The highest BCUT2D eigenvalue weighted by atomic mass is 32.2. The van der Waals surface area contributed by atoms with Crippen LogP contribution in [-0.4, -0.2) is 38.0 Å². The lowest BCUT2D eigenvalue weighted by molar-refractivity contribution is -0.120. The molecule has 0 bridgehead atoms. The van der Waals surface area contributed by atoms with Crippen molar-refractivity contribution < 1.29 is 13.2 Å². The third kappa shape index (κ3) is 4.30. The highest BCUT2D eigenvalue weighted by Gasteiger charge is 2.30. The molecule has 5 nitrogen and oxygen atoms in total. The minimum atomic E-state index is -3.23. The maximum atomic E-state index is 12.4. The van der Waals surface area contributed by atoms with Crippen LogP contribution in [0.2, 0.25) is 0 Å². The third-order valence-electron chi connectivity index (χ3n) is 4.04. The molecular formula is C16H24N2O3S. The van der Waals surface area contributed by atoms with Gasteiger partial charge in [-0.05, 0) is 36.5 Å². The Hall–Kier alpha value is -1.40. The zero-order chi connectivity index (χ0) is 16.3. The molecule has 1 aliphatic heterocycles. The minimum absolute atomic E-state index is 0.103. The van der Waals surface area contributed by atoms with E-state index in [0.717, 1.165) is 18.5 Å². The molecule has 0 saturated carbocycles. The average molecular weight is 324 g/mol. The van der Waals surface area contributed by atoms with Gasteiger partial charge in [0.2, 0.25) is 15.9 Å². The van der Waals surface area contributed by atoms with Gasteiger partial charge in [-0.2, -0.15) is 0 Å². The molecule has 1 saturated heterocycles. The summed E-state index contributed by atoms with van der Waals surface area (Å²) in [5, 5.41) is 2.92. The lowest BCUT2D eigenvalue weighted by Gasteiger charge is -2.30. The van der Waals surface area contributed by atoms with Crippen molar-refractivity contribution in [3.8, 4) is 0 Å². The summed E-state index contributed by atoms with van der Waals surface area (Å²) in [6.07, 6.45) is 2.64. The summed E-state index contributed by atoms with van der Waals surface area (Å²) >= 11 is 0. The van der Waals surface area contributed by atoms with Gasteiger partial charge in [0, 0.05) is 18.8 Å². The minimum Gasteiger partial charge on any atom is -0.326 e. The van der Waals surface area contributed by atoms with E-state index in [1.165, 1.54) is 16.1 Å². The van der Waals surface area contributed by atoms with Crippen LogP contribution in [0, 0.1) is 5.92 Å². The molecule has 1 unspecified atom stereocenters. The predicted molar refractivity (Wildman–Crippen MR) is 88.3 cm³/mol. The van der Waals surface area contributed by atoms with Gasteiger partial charge in [0.25, 0.3) is 0 Å². The lowest BCUT2D eigenvalue weighted by atomic mass is 9.98. The van der Waals surface area contributed by atoms with Gasteiger partial charge in [-0.3, -0.25) is 4.79 Å². The van der Waals surface area contributed by atoms with Gasteiger partial charge in [0.05, 0.1) is 12.2 Å². The zero-order valence-electron chi connectivity index (χ0n) is 13.4. The van der Waals surface area contributed by atoms with E-state index in [9.17, 15) is 13.2 Å². The molecular weight excluding hydrogens is 300 g/mol. The number of carbonyl (C=O) groups excluding carboxylic acids is 1. The molecule has 22 heavy (non-hydrogen) atoms. The number of benzene rings is 1. The molecule has 1 N–H and O–H groups in total. The van der Waals surface area contributed by atoms with Crippen molar-refractivity contribution in [1.29, 1.82) is 0 Å². The van der Waals surface area contributed by atoms with Gasteiger partial charge in [0.15, 0.2) is 0 Å². The van der Waals surface area contributed by atoms with Crippen LogP contribution >= 0.6 is 0 Å². The van der Waals surface area contributed by atoms with Gasteiger partial charge in [-0.15, -0.1) is 0 Å². The van der Waals surface area contributed by atoms with Crippen LogP contribution in [0.5, 0.6) is 0 Å². The van der Waals surface area contributed by atoms with Crippen LogP contribution in [0.15, 0.2) is 24.3 Å². The van der Waals surface area contributed by atoms with E-state index in [4.69, 9.17) is 0 Å². The first-order chi connectivity index (χ1) is 10.3. The Labute approximate surface area is 132 Å². The molecule has 1 heterocycles. The maximum absolute atomic E-state index is 12.4. The van der Waals surface area contributed by atoms with E-state index in [2.05, 4.69) is 19.2 Å². The third-order valence-corrected chi connectivity index (χ3v) is 5.31. The van der Waals surface area contributed by atoms with E-state index in [0.29, 0.717) is 12.5 Å². The summed E-state index contributed by atoms with van der Waals surface area (Å²) < 4.78 is 24.6. The first-order valence-corrected chi connectivity index (χ1v) is 9.48. The number of hydrogen-bond acceptors (Lipinski definition) is 3. The molecule has 0 aliphatic carbocycles. The van der Waals surface area contributed by atoms with Crippen molar-refractivity contribution >= 4 is 21.6 Å². The summed E-state index contributed by atoms with van der Waals surface area (Å²) in [6.45, 7) is 4.98. The van der Waals surface area contributed by atoms with Gasteiger partial charge in [-0.25, -0.2) is 12.7 Å². The normalized spacial score (nSPS) is 20.1. The molecule has 1 aliphatic rings. The number of nitrogens with one attached hydrogen (secondary N) is 1. The fourth-order valence-electron chi connectivity index (χ4n) is 2.68. The van der Waals surface area contributed by atoms with E-state index < -0.39 is 10.0 Å². The van der Waals surface area contributed by atoms with E-state index in [1.807, 2.05) is 24.3 Å². The number of anilines is 1. The van der Waals surface area contributed by atoms with Gasteiger partial charge < -0.3 is 5.32 Å². The summed E-state index contributed by atoms with van der Waals surface area (Å²) in [4.78, 5) is 12.4. The number of hydrogen-bond donors (Lipinski definition) is 1. The highest BCUT2D eigenvalue weighted by Crippen LogP contribution is 2.22. The monoisotopic (exact) mass is 324 g/mol. The van der Waals surface area contributed by atoms with Crippen LogP contribution in [0.25, 0.3) is 0 Å². The second kappa shape index (κ2) is 6.79. The van der Waals surface area contributed by atoms with E-state index in [1.54, 1.807) is 0 Å². The first-order valence-electron chi connectivity index (χ1n) is 7.63. The van der Waals surface area contributed by atoms with Gasteiger partial charge in [0.1, 0.15) is 0 Å². The van der Waals surface area contributed by atoms with Crippen LogP contribution < -0.4 is 5.32 Å². The molecule has 0 aromatic heterocycles. The van der Waals surface area contributed by atoms with Crippen LogP contribution in [0.4, 0.5) is 5.69 Å². The molecule has 122 valence electrons. The number of piperidine rings is 1. The fraction of sp³-hybridized carbons (Fsp3) is 0.562. The quantitative estimate of drug-likeness (QED) is 0.925. The van der Waals surface area contributed by atoms with Crippen molar-refractivity contribution in [2.45, 2.75) is 32.6 Å². The van der Waals surface area contributed by atoms with E-state index >= 15 is 0 Å². The van der Waals surface area contributed by atoms with Crippen molar-refractivity contribution in [3.05, 3.63) is 29.8 Å². The molecule has 2 rings (SSSR count). The molecule has 1 aromatic carbocycles. The highest BCUT2D eigenvalue weighted by molar-refractivity contribution is 7.88. The lowest BCUT2D eigenvalue weighted by Crippen LogP contribution is -2.43.